The van der Waals surface area contributed by atoms with E-state index in [0.717, 1.165) is 11.3 Å². The summed E-state index contributed by atoms with van der Waals surface area (Å²) in [4.78, 5) is 0. The molecule has 1 aromatic heterocycles. The number of thiophene rings is 1. The highest BCUT2D eigenvalue weighted by Crippen LogP contribution is 2.36. The molecule has 0 saturated carbocycles. The number of aliphatic hydroxyl groups excluding tert-OH is 1. The van der Waals surface area contributed by atoms with Gasteiger partial charge in [-0.1, -0.05) is 23.7 Å². The monoisotopic (exact) mass is 216 g/mol. The molecule has 1 heterocycles. The van der Waals surface area contributed by atoms with Crippen LogP contribution in [-0.2, 0) is 6.61 Å². The fourth-order valence-electron chi connectivity index (χ4n) is 1.25. The van der Waals surface area contributed by atoms with E-state index in [9.17, 15) is 4.39 Å². The highest BCUT2D eigenvalue weighted by Gasteiger charge is 2.11. The fraction of sp³-hybridized carbons (Fsp3) is 0.111. The molecule has 0 saturated heterocycles. The third-order valence-corrected chi connectivity index (χ3v) is 3.38. The molecule has 0 spiro atoms. The highest BCUT2D eigenvalue weighted by molar-refractivity contribution is 7.23. The molecule has 0 atom stereocenters. The molecule has 0 aliphatic heterocycles. The van der Waals surface area contributed by atoms with Crippen LogP contribution in [0.15, 0.2) is 18.2 Å². The van der Waals surface area contributed by atoms with E-state index >= 15 is 0 Å². The van der Waals surface area contributed by atoms with Crippen LogP contribution in [0.5, 0.6) is 0 Å². The molecule has 0 aliphatic carbocycles. The van der Waals surface area contributed by atoms with Crippen LogP contribution in [0.2, 0.25) is 4.34 Å². The summed E-state index contributed by atoms with van der Waals surface area (Å²) in [5.41, 5.74) is 0.612. The average Bonchev–Trinajstić information content (AvgIpc) is 2.43. The molecule has 1 nitrogen and oxygen atoms in total. The maximum atomic E-state index is 13.2. The van der Waals surface area contributed by atoms with Crippen LogP contribution in [0.3, 0.4) is 0 Å². The normalized spacial score (nSPS) is 11.0. The zero-order valence-electron chi connectivity index (χ0n) is 6.55. The van der Waals surface area contributed by atoms with E-state index in [0.29, 0.717) is 20.0 Å². The minimum absolute atomic E-state index is 0.151. The Morgan fingerprint density at radius 1 is 1.46 bits per heavy atom. The first-order chi connectivity index (χ1) is 6.24. The van der Waals surface area contributed by atoms with Crippen LogP contribution in [0.25, 0.3) is 10.1 Å². The van der Waals surface area contributed by atoms with Gasteiger partial charge in [0.2, 0.25) is 0 Å². The summed E-state index contributed by atoms with van der Waals surface area (Å²) in [7, 11) is 0. The quantitative estimate of drug-likeness (QED) is 0.776. The summed E-state index contributed by atoms with van der Waals surface area (Å²) in [5.74, 6) is -0.288. The number of benzene rings is 1. The second-order valence-electron chi connectivity index (χ2n) is 2.63. The van der Waals surface area contributed by atoms with Gasteiger partial charge in [-0.15, -0.1) is 11.3 Å². The average molecular weight is 217 g/mol. The Morgan fingerprint density at radius 2 is 2.23 bits per heavy atom. The van der Waals surface area contributed by atoms with Crippen molar-refractivity contribution in [2.24, 2.45) is 0 Å². The molecule has 2 rings (SSSR count). The Hall–Kier alpha value is -0.640. The molecular formula is C9H6ClFOS. The topological polar surface area (TPSA) is 20.2 Å². The lowest BCUT2D eigenvalue weighted by molar-refractivity contribution is 0.284. The van der Waals surface area contributed by atoms with E-state index < -0.39 is 0 Å². The lowest BCUT2D eigenvalue weighted by atomic mass is 10.2. The zero-order valence-corrected chi connectivity index (χ0v) is 8.12. The number of rotatable bonds is 1. The molecule has 1 aromatic carbocycles. The van der Waals surface area contributed by atoms with Crippen molar-refractivity contribution in [3.05, 3.63) is 33.9 Å². The summed E-state index contributed by atoms with van der Waals surface area (Å²) in [6, 6.07) is 4.75. The van der Waals surface area contributed by atoms with Gasteiger partial charge < -0.3 is 5.11 Å². The highest BCUT2D eigenvalue weighted by atomic mass is 35.5. The van der Waals surface area contributed by atoms with E-state index in [-0.39, 0.29) is 12.4 Å². The summed E-state index contributed by atoms with van der Waals surface area (Å²) in [6.45, 7) is -0.151. The van der Waals surface area contributed by atoms with E-state index in [1.54, 1.807) is 12.1 Å². The third kappa shape index (κ3) is 1.33. The Labute approximate surface area is 83.4 Å². The molecule has 1 N–H and O–H groups in total. The maximum Gasteiger partial charge on any atom is 0.141 e. The minimum atomic E-state index is -0.288. The van der Waals surface area contributed by atoms with E-state index in [1.807, 2.05) is 0 Å². The van der Waals surface area contributed by atoms with Gasteiger partial charge in [-0.05, 0) is 6.07 Å². The first kappa shape index (κ1) is 8.94. The van der Waals surface area contributed by atoms with Gasteiger partial charge >= 0.3 is 0 Å². The second kappa shape index (κ2) is 3.25. The summed E-state index contributed by atoms with van der Waals surface area (Å²) in [5, 5.41) is 9.70. The minimum Gasteiger partial charge on any atom is -0.392 e. The van der Waals surface area contributed by atoms with Crippen molar-refractivity contribution in [2.45, 2.75) is 6.61 Å². The molecule has 2 aromatic rings. The molecule has 4 heteroatoms. The first-order valence-electron chi connectivity index (χ1n) is 3.70. The van der Waals surface area contributed by atoms with Crippen molar-refractivity contribution in [1.29, 1.82) is 0 Å². The largest absolute Gasteiger partial charge is 0.392 e. The molecule has 0 amide bonds. The Kier molecular flexibility index (Phi) is 2.24. The predicted molar refractivity (Wildman–Crippen MR) is 52.7 cm³/mol. The van der Waals surface area contributed by atoms with Crippen molar-refractivity contribution in [2.75, 3.05) is 0 Å². The maximum absolute atomic E-state index is 13.2. The molecule has 0 radical (unpaired) electrons. The van der Waals surface area contributed by atoms with Crippen molar-refractivity contribution in [3.63, 3.8) is 0 Å². The lowest BCUT2D eigenvalue weighted by Crippen LogP contribution is -1.80. The Morgan fingerprint density at radius 3 is 2.92 bits per heavy atom. The van der Waals surface area contributed by atoms with Crippen LogP contribution in [-0.4, -0.2) is 5.11 Å². The van der Waals surface area contributed by atoms with Crippen molar-refractivity contribution in [1.82, 2.24) is 0 Å². The van der Waals surface area contributed by atoms with Gasteiger partial charge in [-0.25, -0.2) is 4.39 Å². The smallest absolute Gasteiger partial charge is 0.141 e. The van der Waals surface area contributed by atoms with Gasteiger partial charge in [0.1, 0.15) is 5.82 Å². The van der Waals surface area contributed by atoms with E-state index in [4.69, 9.17) is 16.7 Å². The van der Waals surface area contributed by atoms with Crippen molar-refractivity contribution in [3.8, 4) is 0 Å². The van der Waals surface area contributed by atoms with Gasteiger partial charge in [0, 0.05) is 10.9 Å². The van der Waals surface area contributed by atoms with Gasteiger partial charge in [-0.2, -0.15) is 0 Å². The molecule has 0 aliphatic rings. The van der Waals surface area contributed by atoms with Gasteiger partial charge in [0.05, 0.1) is 15.6 Å². The SMILES string of the molecule is OCc1c(Cl)sc2c(F)cccc12. The summed E-state index contributed by atoms with van der Waals surface area (Å²) < 4.78 is 14.2. The van der Waals surface area contributed by atoms with E-state index in [1.165, 1.54) is 6.07 Å². The molecule has 68 valence electrons. The lowest BCUT2D eigenvalue weighted by Gasteiger charge is -1.93. The molecule has 13 heavy (non-hydrogen) atoms. The third-order valence-electron chi connectivity index (χ3n) is 1.88. The van der Waals surface area contributed by atoms with Crippen LogP contribution in [0.4, 0.5) is 4.39 Å². The first-order valence-corrected chi connectivity index (χ1v) is 4.89. The zero-order chi connectivity index (χ0) is 9.42. The van der Waals surface area contributed by atoms with Crippen LogP contribution < -0.4 is 0 Å². The van der Waals surface area contributed by atoms with E-state index in [2.05, 4.69) is 0 Å². The summed E-state index contributed by atoms with van der Waals surface area (Å²) in [6.07, 6.45) is 0. The standard InChI is InChI=1S/C9H6ClFOS/c10-9-6(4-12)5-2-1-3-7(11)8(5)13-9/h1-3,12H,4H2. The van der Waals surface area contributed by atoms with Gasteiger partial charge in [0.15, 0.2) is 0 Å². The number of halogens is 2. The van der Waals surface area contributed by atoms with Crippen molar-refractivity contribution < 1.29 is 9.50 Å². The van der Waals surface area contributed by atoms with Gasteiger partial charge in [-0.3, -0.25) is 0 Å². The number of hydrogen-bond acceptors (Lipinski definition) is 2. The number of fused-ring (bicyclic) bond motifs is 1. The van der Waals surface area contributed by atoms with Crippen LogP contribution in [0.1, 0.15) is 5.56 Å². The summed E-state index contributed by atoms with van der Waals surface area (Å²) >= 11 is 6.99. The Balaban J connectivity index is 2.86. The Bertz CT molecular complexity index is 452. The van der Waals surface area contributed by atoms with Crippen LogP contribution in [0, 0.1) is 5.82 Å². The second-order valence-corrected chi connectivity index (χ2v) is 4.25. The predicted octanol–water partition coefficient (Wildman–Crippen LogP) is 3.19. The number of aliphatic hydroxyl groups is 1. The van der Waals surface area contributed by atoms with Crippen molar-refractivity contribution >= 4 is 33.0 Å². The molecule has 0 unspecified atom stereocenters. The fourth-order valence-corrected chi connectivity index (χ4v) is 2.59. The molecular weight excluding hydrogens is 211 g/mol. The molecule has 0 fully saturated rings. The van der Waals surface area contributed by atoms with Gasteiger partial charge in [0.25, 0.3) is 0 Å². The number of hydrogen-bond donors (Lipinski definition) is 1. The van der Waals surface area contributed by atoms with Crippen LogP contribution >= 0.6 is 22.9 Å². The molecule has 0 bridgehead atoms.